The van der Waals surface area contributed by atoms with Crippen LogP contribution in [-0.2, 0) is 9.59 Å². The Morgan fingerprint density at radius 3 is 2.21 bits per heavy atom. The lowest BCUT2D eigenvalue weighted by molar-refractivity contribution is -0.132. The summed E-state index contributed by atoms with van der Waals surface area (Å²) < 4.78 is 5.37. The van der Waals surface area contributed by atoms with E-state index in [1.807, 2.05) is 26.0 Å². The highest BCUT2D eigenvalue weighted by atomic mass is 35.5. The number of halogens is 2. The highest BCUT2D eigenvalue weighted by molar-refractivity contribution is 6.52. The molecule has 0 spiro atoms. The molecule has 7 heteroatoms. The van der Waals surface area contributed by atoms with Crippen LogP contribution in [0.3, 0.4) is 0 Å². The molecule has 1 aliphatic heterocycles. The number of aliphatic hydroxyl groups is 1. The number of aryl methyl sites for hydroxylation is 3. The van der Waals surface area contributed by atoms with Crippen LogP contribution < -0.4 is 9.64 Å². The average Bonchev–Trinajstić information content (AvgIpc) is 3.07. The summed E-state index contributed by atoms with van der Waals surface area (Å²) in [7, 11) is 1.57. The van der Waals surface area contributed by atoms with Crippen LogP contribution in [0.5, 0.6) is 5.75 Å². The third kappa shape index (κ3) is 4.06. The number of hydrogen-bond acceptors (Lipinski definition) is 4. The number of ether oxygens (including phenoxy) is 1. The van der Waals surface area contributed by atoms with Gasteiger partial charge in [-0.25, -0.2) is 0 Å². The lowest BCUT2D eigenvalue weighted by Crippen LogP contribution is -2.29. The maximum absolute atomic E-state index is 13.3. The molecule has 1 amide bonds. The number of nitrogens with zero attached hydrogens (tertiary/aromatic N) is 1. The van der Waals surface area contributed by atoms with E-state index in [4.69, 9.17) is 27.9 Å². The Morgan fingerprint density at radius 2 is 1.59 bits per heavy atom. The zero-order valence-corrected chi connectivity index (χ0v) is 20.7. The van der Waals surface area contributed by atoms with Crippen molar-refractivity contribution in [2.45, 2.75) is 26.8 Å². The van der Waals surface area contributed by atoms with E-state index in [0.29, 0.717) is 33.1 Å². The highest BCUT2D eigenvalue weighted by Gasteiger charge is 2.47. The molecule has 0 aromatic heterocycles. The Bertz CT molecular complexity index is 1350. The Morgan fingerprint density at radius 1 is 0.912 bits per heavy atom. The Labute approximate surface area is 208 Å². The molecule has 0 saturated carbocycles. The lowest BCUT2D eigenvalue weighted by atomic mass is 9.93. The van der Waals surface area contributed by atoms with Gasteiger partial charge in [0.05, 0.1) is 28.8 Å². The largest absolute Gasteiger partial charge is 0.507 e. The van der Waals surface area contributed by atoms with E-state index in [1.165, 1.54) is 4.90 Å². The fourth-order valence-electron chi connectivity index (χ4n) is 4.21. The number of Topliss-reactive ketones (excluding diaryl/α,β-unsaturated/α-hetero) is 1. The van der Waals surface area contributed by atoms with E-state index in [9.17, 15) is 14.7 Å². The van der Waals surface area contributed by atoms with Gasteiger partial charge >= 0.3 is 0 Å². The van der Waals surface area contributed by atoms with Crippen molar-refractivity contribution in [3.05, 3.63) is 98.0 Å². The van der Waals surface area contributed by atoms with E-state index in [2.05, 4.69) is 0 Å². The Kier molecular flexibility index (Phi) is 6.43. The summed E-state index contributed by atoms with van der Waals surface area (Å²) in [6.07, 6.45) is 0. The molecule has 0 bridgehead atoms. The van der Waals surface area contributed by atoms with E-state index >= 15 is 0 Å². The molecule has 5 nitrogen and oxygen atoms in total. The number of hydrogen-bond donors (Lipinski definition) is 1. The van der Waals surface area contributed by atoms with Gasteiger partial charge in [0.15, 0.2) is 0 Å². The summed E-state index contributed by atoms with van der Waals surface area (Å²) in [6, 6.07) is 14.8. The van der Waals surface area contributed by atoms with Crippen LogP contribution >= 0.6 is 23.2 Å². The van der Waals surface area contributed by atoms with Crippen LogP contribution in [-0.4, -0.2) is 23.9 Å². The van der Waals surface area contributed by atoms with Gasteiger partial charge in [-0.15, -0.1) is 0 Å². The van der Waals surface area contributed by atoms with Crippen LogP contribution in [0.4, 0.5) is 5.69 Å². The summed E-state index contributed by atoms with van der Waals surface area (Å²) in [4.78, 5) is 28.0. The SMILES string of the molecule is COc1cc(C)c(/C(O)=C2\C(=O)C(=O)N(c3ccc(C)cc3)C2c2ccc(Cl)c(Cl)c2)cc1C. The van der Waals surface area contributed by atoms with Crippen molar-refractivity contribution in [1.82, 2.24) is 0 Å². The van der Waals surface area contributed by atoms with Crippen LogP contribution in [0.2, 0.25) is 10.0 Å². The Hall–Kier alpha value is -3.28. The van der Waals surface area contributed by atoms with Crippen molar-refractivity contribution >= 4 is 46.3 Å². The number of rotatable bonds is 4. The van der Waals surface area contributed by atoms with Crippen LogP contribution in [0.15, 0.2) is 60.2 Å². The van der Waals surface area contributed by atoms with E-state index in [1.54, 1.807) is 56.5 Å². The van der Waals surface area contributed by atoms with E-state index < -0.39 is 17.7 Å². The lowest BCUT2D eigenvalue weighted by Gasteiger charge is -2.26. The molecule has 34 heavy (non-hydrogen) atoms. The molecule has 174 valence electrons. The number of ketones is 1. The second kappa shape index (κ2) is 9.16. The molecule has 1 heterocycles. The minimum absolute atomic E-state index is 0.0170. The van der Waals surface area contributed by atoms with Crippen molar-refractivity contribution in [3.63, 3.8) is 0 Å². The fourth-order valence-corrected chi connectivity index (χ4v) is 4.52. The van der Waals surface area contributed by atoms with Crippen molar-refractivity contribution in [2.75, 3.05) is 12.0 Å². The van der Waals surface area contributed by atoms with Gasteiger partial charge in [-0.1, -0.05) is 47.0 Å². The third-order valence-electron chi connectivity index (χ3n) is 6.01. The number of carbonyl (C=O) groups excluding carboxylic acids is 2. The Balaban J connectivity index is 1.99. The number of carbonyl (C=O) groups is 2. The fraction of sp³-hybridized carbons (Fsp3) is 0.185. The monoisotopic (exact) mass is 495 g/mol. The van der Waals surface area contributed by atoms with Gasteiger partial charge < -0.3 is 9.84 Å². The van der Waals surface area contributed by atoms with Gasteiger partial charge in [0, 0.05) is 11.3 Å². The maximum atomic E-state index is 13.3. The normalized spacial score (nSPS) is 17.4. The maximum Gasteiger partial charge on any atom is 0.300 e. The number of benzene rings is 3. The predicted octanol–water partition coefficient (Wildman–Crippen LogP) is 6.55. The number of anilines is 1. The standard InChI is InChI=1S/C27H23Cl2NO4/c1-14-5-8-18(9-6-14)30-24(17-7-10-20(28)21(29)13-17)23(26(32)27(30)33)25(31)19-11-16(3)22(34-4)12-15(19)2/h5-13,24,31H,1-4H3/b25-23+. The molecular formula is C27H23Cl2NO4. The van der Waals surface area contributed by atoms with Crippen molar-refractivity contribution in [2.24, 2.45) is 0 Å². The third-order valence-corrected chi connectivity index (χ3v) is 6.75. The second-order valence-corrected chi connectivity index (χ2v) is 9.13. The molecule has 1 aliphatic rings. The number of methoxy groups -OCH3 is 1. The molecule has 1 unspecified atom stereocenters. The van der Waals surface area contributed by atoms with Gasteiger partial charge in [0.2, 0.25) is 0 Å². The summed E-state index contributed by atoms with van der Waals surface area (Å²) in [5.41, 5.74) is 4.02. The summed E-state index contributed by atoms with van der Waals surface area (Å²) in [5.74, 6) is -1.10. The molecule has 1 N–H and O–H groups in total. The number of aliphatic hydroxyl groups excluding tert-OH is 1. The van der Waals surface area contributed by atoms with Crippen molar-refractivity contribution < 1.29 is 19.4 Å². The first kappa shape index (κ1) is 23.9. The molecule has 3 aromatic rings. The van der Waals surface area contributed by atoms with Gasteiger partial charge in [-0.3, -0.25) is 14.5 Å². The second-order valence-electron chi connectivity index (χ2n) is 8.31. The highest BCUT2D eigenvalue weighted by Crippen LogP contribution is 2.44. The smallest absolute Gasteiger partial charge is 0.300 e. The predicted molar refractivity (Wildman–Crippen MR) is 135 cm³/mol. The molecular weight excluding hydrogens is 473 g/mol. The summed E-state index contributed by atoms with van der Waals surface area (Å²) >= 11 is 12.4. The van der Waals surface area contributed by atoms with E-state index in [-0.39, 0.29) is 16.4 Å². The van der Waals surface area contributed by atoms with Crippen molar-refractivity contribution in [3.8, 4) is 5.75 Å². The first-order chi connectivity index (χ1) is 16.1. The molecule has 3 aromatic carbocycles. The van der Waals surface area contributed by atoms with Crippen molar-refractivity contribution in [1.29, 1.82) is 0 Å². The molecule has 4 rings (SSSR count). The first-order valence-corrected chi connectivity index (χ1v) is 11.4. The van der Waals surface area contributed by atoms with Crippen LogP contribution in [0.1, 0.15) is 33.9 Å². The minimum Gasteiger partial charge on any atom is -0.507 e. The zero-order valence-electron chi connectivity index (χ0n) is 19.1. The molecule has 1 fully saturated rings. The van der Waals surface area contributed by atoms with Gasteiger partial charge in [-0.2, -0.15) is 0 Å². The zero-order chi connectivity index (χ0) is 24.7. The van der Waals surface area contributed by atoms with E-state index in [0.717, 1.165) is 11.1 Å². The molecule has 0 radical (unpaired) electrons. The number of amides is 1. The van der Waals surface area contributed by atoms with Crippen LogP contribution in [0.25, 0.3) is 5.76 Å². The van der Waals surface area contributed by atoms with Gasteiger partial charge in [0.1, 0.15) is 11.5 Å². The first-order valence-electron chi connectivity index (χ1n) is 10.6. The average molecular weight is 496 g/mol. The summed E-state index contributed by atoms with van der Waals surface area (Å²) in [5, 5.41) is 12.1. The van der Waals surface area contributed by atoms with Crippen LogP contribution in [0, 0.1) is 20.8 Å². The molecule has 1 atom stereocenters. The topological polar surface area (TPSA) is 66.8 Å². The van der Waals surface area contributed by atoms with Gasteiger partial charge in [-0.05, 0) is 73.9 Å². The quantitative estimate of drug-likeness (QED) is 0.253. The minimum atomic E-state index is -0.890. The van der Waals surface area contributed by atoms with Gasteiger partial charge in [0.25, 0.3) is 11.7 Å². The molecule has 0 aliphatic carbocycles. The molecule has 1 saturated heterocycles. The summed E-state index contributed by atoms with van der Waals surface area (Å²) in [6.45, 7) is 5.58.